The summed E-state index contributed by atoms with van der Waals surface area (Å²) in [5.74, 6) is -0.205. The molecule has 0 aliphatic carbocycles. The average molecular weight is 453 g/mol. The van der Waals surface area contributed by atoms with Gasteiger partial charge in [-0.25, -0.2) is 4.79 Å². The molecular formula is C24H25ClN4O3. The van der Waals surface area contributed by atoms with Crippen molar-refractivity contribution in [1.82, 2.24) is 15.0 Å². The first-order chi connectivity index (χ1) is 15.5. The summed E-state index contributed by atoms with van der Waals surface area (Å²) in [4.78, 5) is 14.0. The van der Waals surface area contributed by atoms with E-state index >= 15 is 0 Å². The molecule has 0 spiro atoms. The van der Waals surface area contributed by atoms with E-state index in [1.807, 2.05) is 49.4 Å². The summed E-state index contributed by atoms with van der Waals surface area (Å²) in [6.45, 7) is 2.20. The van der Waals surface area contributed by atoms with Gasteiger partial charge >= 0.3 is 5.97 Å². The molecule has 3 rings (SSSR count). The number of nitrogens with one attached hydrogen (secondary N) is 1. The largest absolute Gasteiger partial charge is 0.488 e. The third-order valence-corrected chi connectivity index (χ3v) is 4.87. The molecule has 2 aromatic carbocycles. The fourth-order valence-electron chi connectivity index (χ4n) is 2.92. The summed E-state index contributed by atoms with van der Waals surface area (Å²) in [5.41, 5.74) is 0.961. The Kier molecular flexibility index (Phi) is 8.57. The molecule has 166 valence electrons. The zero-order valence-electron chi connectivity index (χ0n) is 17.7. The number of benzene rings is 2. The Morgan fingerprint density at radius 2 is 1.81 bits per heavy atom. The minimum Gasteiger partial charge on any atom is -0.488 e. The van der Waals surface area contributed by atoms with E-state index in [1.54, 1.807) is 24.3 Å². The van der Waals surface area contributed by atoms with Crippen molar-refractivity contribution >= 4 is 29.4 Å². The van der Waals surface area contributed by atoms with Crippen LogP contribution in [0.4, 0.5) is 0 Å². The second-order valence-corrected chi connectivity index (χ2v) is 7.69. The minimum absolute atomic E-state index is 0.000800. The Morgan fingerprint density at radius 3 is 2.53 bits per heavy atom. The quantitative estimate of drug-likeness (QED) is 0.337. The summed E-state index contributed by atoms with van der Waals surface area (Å²) in [6.07, 6.45) is 6.60. The number of carbonyl (C=O) groups excluding carboxylic acids is 1. The lowest BCUT2D eigenvalue weighted by Crippen LogP contribution is -2.33. The number of allylic oxidation sites excluding steroid dienone is 1. The Labute approximate surface area is 192 Å². The summed E-state index contributed by atoms with van der Waals surface area (Å²) in [5, 5.41) is 16.7. The van der Waals surface area contributed by atoms with Crippen LogP contribution in [0.3, 0.4) is 0 Å². The maximum Gasteiger partial charge on any atom is 0.352 e. The van der Waals surface area contributed by atoms with Crippen LogP contribution >= 0.6 is 11.6 Å². The Balaban J connectivity index is 1.57. The number of rotatable bonds is 11. The molecule has 0 fully saturated rings. The fourth-order valence-corrected chi connectivity index (χ4v) is 3.11. The van der Waals surface area contributed by atoms with Gasteiger partial charge < -0.3 is 9.47 Å². The molecule has 1 heterocycles. The van der Waals surface area contributed by atoms with E-state index in [0.29, 0.717) is 10.8 Å². The number of halogens is 1. The third-order valence-electron chi connectivity index (χ3n) is 4.56. The van der Waals surface area contributed by atoms with Crippen molar-refractivity contribution in [2.45, 2.75) is 26.0 Å². The van der Waals surface area contributed by atoms with E-state index in [2.05, 4.69) is 10.2 Å². The topological polar surface area (TPSA) is 90.1 Å². The van der Waals surface area contributed by atoms with Gasteiger partial charge in [0.25, 0.3) is 0 Å². The molecule has 0 bridgehead atoms. The van der Waals surface area contributed by atoms with Crippen molar-refractivity contribution in [3.63, 3.8) is 0 Å². The normalized spacial score (nSPS) is 12.9. The van der Waals surface area contributed by atoms with Gasteiger partial charge in [-0.1, -0.05) is 73.1 Å². The SMILES string of the molecule is CC(C=Cc1ccccc1)CC(=N)C(=O)OC(COc1ccccc1Cl)Cn1nccn1. The third kappa shape index (κ3) is 7.35. The summed E-state index contributed by atoms with van der Waals surface area (Å²) < 4.78 is 11.3. The lowest BCUT2D eigenvalue weighted by molar-refractivity contribution is -0.143. The van der Waals surface area contributed by atoms with Gasteiger partial charge in [0.2, 0.25) is 0 Å². The maximum absolute atomic E-state index is 12.6. The van der Waals surface area contributed by atoms with Crippen molar-refractivity contribution in [3.8, 4) is 5.75 Å². The van der Waals surface area contributed by atoms with Crippen LogP contribution in [0.2, 0.25) is 5.02 Å². The second kappa shape index (κ2) is 11.8. The highest BCUT2D eigenvalue weighted by molar-refractivity contribution is 6.35. The van der Waals surface area contributed by atoms with Gasteiger partial charge in [0.05, 0.1) is 17.4 Å². The van der Waals surface area contributed by atoms with Crippen LogP contribution in [0.25, 0.3) is 6.08 Å². The first-order valence-electron chi connectivity index (χ1n) is 10.2. The summed E-state index contributed by atoms with van der Waals surface area (Å²) in [7, 11) is 0. The van der Waals surface area contributed by atoms with Crippen molar-refractivity contribution in [2.75, 3.05) is 6.61 Å². The van der Waals surface area contributed by atoms with Gasteiger partial charge in [-0.3, -0.25) is 5.41 Å². The van der Waals surface area contributed by atoms with E-state index in [1.165, 1.54) is 17.2 Å². The monoisotopic (exact) mass is 452 g/mol. The minimum atomic E-state index is -0.693. The predicted octanol–water partition coefficient (Wildman–Crippen LogP) is 4.68. The number of ether oxygens (including phenoxy) is 2. The molecule has 0 radical (unpaired) electrons. The van der Waals surface area contributed by atoms with Gasteiger partial charge in [-0.2, -0.15) is 15.0 Å². The zero-order valence-corrected chi connectivity index (χ0v) is 18.5. The average Bonchev–Trinajstić information content (AvgIpc) is 3.30. The van der Waals surface area contributed by atoms with Crippen molar-refractivity contribution < 1.29 is 14.3 Å². The van der Waals surface area contributed by atoms with Gasteiger partial charge in [-0.15, -0.1) is 0 Å². The van der Waals surface area contributed by atoms with Gasteiger partial charge in [0, 0.05) is 6.42 Å². The van der Waals surface area contributed by atoms with Gasteiger partial charge in [-0.05, 0) is 23.6 Å². The zero-order chi connectivity index (χ0) is 22.8. The number of hydrogen-bond acceptors (Lipinski definition) is 6. The fraction of sp³-hybridized carbons (Fsp3) is 0.250. The molecule has 1 N–H and O–H groups in total. The molecule has 7 nitrogen and oxygen atoms in total. The van der Waals surface area contributed by atoms with Crippen molar-refractivity contribution in [3.05, 3.63) is 83.7 Å². The molecule has 8 heteroatoms. The molecule has 32 heavy (non-hydrogen) atoms. The molecular weight excluding hydrogens is 428 g/mol. The Bertz CT molecular complexity index is 1040. The van der Waals surface area contributed by atoms with Crippen LogP contribution in [-0.2, 0) is 16.1 Å². The number of hydrogen-bond donors (Lipinski definition) is 1. The highest BCUT2D eigenvalue weighted by Gasteiger charge is 2.21. The number of carbonyl (C=O) groups is 1. The maximum atomic E-state index is 12.6. The van der Waals surface area contributed by atoms with Crippen molar-refractivity contribution in [2.24, 2.45) is 5.92 Å². The highest BCUT2D eigenvalue weighted by Crippen LogP contribution is 2.23. The molecule has 0 aliphatic rings. The van der Waals surface area contributed by atoms with Crippen molar-refractivity contribution in [1.29, 1.82) is 5.41 Å². The van der Waals surface area contributed by atoms with Gasteiger partial charge in [0.15, 0.2) is 6.10 Å². The lowest BCUT2D eigenvalue weighted by atomic mass is 10.0. The molecule has 1 aromatic heterocycles. The molecule has 0 saturated heterocycles. The van der Waals surface area contributed by atoms with E-state index < -0.39 is 12.1 Å². The molecule has 2 unspecified atom stereocenters. The van der Waals surface area contributed by atoms with E-state index in [4.69, 9.17) is 26.5 Å². The van der Waals surface area contributed by atoms with E-state index in [-0.39, 0.29) is 31.2 Å². The molecule has 0 aliphatic heterocycles. The van der Waals surface area contributed by atoms with Crippen LogP contribution in [0.15, 0.2) is 73.1 Å². The standard InChI is InChI=1S/C24H25ClN4O3/c1-18(11-12-19-7-3-2-4-8-19)15-22(26)24(30)32-20(16-29-27-13-14-28-29)17-31-23-10-6-5-9-21(23)25/h2-14,18,20,26H,15-17H2,1H3. The molecule has 2 atom stereocenters. The molecule has 0 saturated carbocycles. The lowest BCUT2D eigenvalue weighted by Gasteiger charge is -2.19. The van der Waals surface area contributed by atoms with Crippen LogP contribution < -0.4 is 4.74 Å². The van der Waals surface area contributed by atoms with Crippen LogP contribution in [0, 0.1) is 11.3 Å². The Morgan fingerprint density at radius 1 is 1.12 bits per heavy atom. The molecule has 3 aromatic rings. The first kappa shape index (κ1) is 23.2. The smallest absolute Gasteiger partial charge is 0.352 e. The number of para-hydroxylation sites is 1. The summed E-state index contributed by atoms with van der Waals surface area (Å²) in [6, 6.07) is 16.9. The van der Waals surface area contributed by atoms with E-state index in [0.717, 1.165) is 5.56 Å². The van der Waals surface area contributed by atoms with E-state index in [9.17, 15) is 4.79 Å². The first-order valence-corrected chi connectivity index (χ1v) is 10.6. The van der Waals surface area contributed by atoms with Crippen LogP contribution in [0.1, 0.15) is 18.9 Å². The van der Waals surface area contributed by atoms with Crippen LogP contribution in [-0.4, -0.2) is 39.4 Å². The number of esters is 1. The summed E-state index contributed by atoms with van der Waals surface area (Å²) >= 11 is 6.13. The highest BCUT2D eigenvalue weighted by atomic mass is 35.5. The number of nitrogens with zero attached hydrogens (tertiary/aromatic N) is 3. The Hall–Kier alpha value is -3.45. The second-order valence-electron chi connectivity index (χ2n) is 7.28. The predicted molar refractivity (Wildman–Crippen MR) is 124 cm³/mol. The van der Waals surface area contributed by atoms with Gasteiger partial charge in [0.1, 0.15) is 24.6 Å². The number of aromatic nitrogens is 3. The molecule has 0 amide bonds. The van der Waals surface area contributed by atoms with Crippen LogP contribution in [0.5, 0.6) is 5.75 Å².